The molecular formula is C18H21ClFN. The van der Waals surface area contributed by atoms with Crippen LogP contribution in [0.2, 0.25) is 5.02 Å². The molecule has 2 aromatic carbocycles. The molecule has 2 rings (SSSR count). The van der Waals surface area contributed by atoms with Crippen LogP contribution in [0.5, 0.6) is 0 Å². The lowest BCUT2D eigenvalue weighted by atomic mass is 9.95. The van der Waals surface area contributed by atoms with Crippen molar-refractivity contribution in [1.82, 2.24) is 5.32 Å². The van der Waals surface area contributed by atoms with Gasteiger partial charge in [0.2, 0.25) is 0 Å². The fourth-order valence-corrected chi connectivity index (χ4v) is 2.74. The summed E-state index contributed by atoms with van der Waals surface area (Å²) in [6, 6.07) is 12.8. The average Bonchev–Trinajstić information content (AvgIpc) is 2.44. The van der Waals surface area contributed by atoms with Crippen LogP contribution in [0.1, 0.15) is 36.6 Å². The van der Waals surface area contributed by atoms with Crippen molar-refractivity contribution in [2.24, 2.45) is 5.92 Å². The molecule has 0 aliphatic heterocycles. The molecule has 0 aliphatic carbocycles. The fourth-order valence-electron chi connectivity index (χ4n) is 2.56. The number of benzene rings is 2. The second kappa shape index (κ2) is 7.06. The highest BCUT2D eigenvalue weighted by molar-refractivity contribution is 6.30. The maximum Gasteiger partial charge on any atom is 0.128 e. The molecule has 1 nitrogen and oxygen atoms in total. The minimum absolute atomic E-state index is 0.197. The van der Waals surface area contributed by atoms with Gasteiger partial charge in [0, 0.05) is 10.6 Å². The normalized spacial score (nSPS) is 12.7. The Morgan fingerprint density at radius 2 is 1.76 bits per heavy atom. The van der Waals surface area contributed by atoms with E-state index in [-0.39, 0.29) is 11.9 Å². The highest BCUT2D eigenvalue weighted by atomic mass is 35.5. The van der Waals surface area contributed by atoms with Crippen LogP contribution in [-0.4, -0.2) is 7.05 Å². The Kier molecular flexibility index (Phi) is 5.38. The summed E-state index contributed by atoms with van der Waals surface area (Å²) >= 11 is 5.99. The molecule has 2 aromatic rings. The lowest BCUT2D eigenvalue weighted by Crippen LogP contribution is -2.19. The monoisotopic (exact) mass is 305 g/mol. The standard InChI is InChI=1S/C18H21ClFN/c1-12(2)10-13-4-6-14(7-5-13)18(21-3)16-11-15(19)8-9-17(16)20/h4-9,11-12,18,21H,10H2,1-3H3. The Labute approximate surface area is 131 Å². The van der Waals surface area contributed by atoms with Crippen molar-refractivity contribution in [3.63, 3.8) is 0 Å². The van der Waals surface area contributed by atoms with E-state index in [9.17, 15) is 4.39 Å². The molecule has 0 aliphatic rings. The smallest absolute Gasteiger partial charge is 0.128 e. The zero-order chi connectivity index (χ0) is 15.4. The van der Waals surface area contributed by atoms with Crippen LogP contribution in [0.3, 0.4) is 0 Å². The maximum atomic E-state index is 14.0. The Bertz CT molecular complexity index is 593. The predicted molar refractivity (Wildman–Crippen MR) is 87.3 cm³/mol. The number of nitrogens with one attached hydrogen (secondary N) is 1. The third kappa shape index (κ3) is 4.05. The molecule has 0 saturated carbocycles. The van der Waals surface area contributed by atoms with E-state index in [1.807, 2.05) is 7.05 Å². The van der Waals surface area contributed by atoms with Crippen molar-refractivity contribution in [3.05, 3.63) is 70.0 Å². The van der Waals surface area contributed by atoms with Gasteiger partial charge in [-0.1, -0.05) is 49.7 Å². The van der Waals surface area contributed by atoms with Crippen LogP contribution in [-0.2, 0) is 6.42 Å². The van der Waals surface area contributed by atoms with Crippen molar-refractivity contribution in [2.75, 3.05) is 7.05 Å². The van der Waals surface area contributed by atoms with Gasteiger partial charge in [0.1, 0.15) is 5.82 Å². The Morgan fingerprint density at radius 1 is 1.10 bits per heavy atom. The minimum atomic E-state index is -0.245. The third-order valence-corrected chi connectivity index (χ3v) is 3.75. The van der Waals surface area contributed by atoms with Gasteiger partial charge in [0.05, 0.1) is 6.04 Å². The quantitative estimate of drug-likeness (QED) is 0.821. The van der Waals surface area contributed by atoms with E-state index >= 15 is 0 Å². The van der Waals surface area contributed by atoms with Crippen molar-refractivity contribution in [3.8, 4) is 0 Å². The number of hydrogen-bond donors (Lipinski definition) is 1. The molecule has 0 spiro atoms. The molecule has 1 unspecified atom stereocenters. The molecule has 1 atom stereocenters. The summed E-state index contributed by atoms with van der Waals surface area (Å²) in [5, 5.41) is 3.71. The van der Waals surface area contributed by atoms with Crippen molar-refractivity contribution >= 4 is 11.6 Å². The van der Waals surface area contributed by atoms with Gasteiger partial charge in [0.25, 0.3) is 0 Å². The Balaban J connectivity index is 2.31. The summed E-state index contributed by atoms with van der Waals surface area (Å²) in [5.74, 6) is 0.381. The topological polar surface area (TPSA) is 12.0 Å². The number of hydrogen-bond acceptors (Lipinski definition) is 1. The van der Waals surface area contributed by atoms with Gasteiger partial charge in [-0.3, -0.25) is 0 Å². The Hall–Kier alpha value is -1.38. The highest BCUT2D eigenvalue weighted by Crippen LogP contribution is 2.27. The van der Waals surface area contributed by atoms with Crippen LogP contribution in [0.4, 0.5) is 4.39 Å². The summed E-state index contributed by atoms with van der Waals surface area (Å²) in [6.07, 6.45) is 1.05. The first-order chi connectivity index (χ1) is 10.0. The van der Waals surface area contributed by atoms with E-state index < -0.39 is 0 Å². The zero-order valence-electron chi connectivity index (χ0n) is 12.7. The number of rotatable bonds is 5. The molecule has 0 fully saturated rings. The van der Waals surface area contributed by atoms with Crippen molar-refractivity contribution in [1.29, 1.82) is 0 Å². The fraction of sp³-hybridized carbons (Fsp3) is 0.333. The van der Waals surface area contributed by atoms with Crippen molar-refractivity contribution < 1.29 is 4.39 Å². The summed E-state index contributed by atoms with van der Waals surface area (Å²) in [6.45, 7) is 4.40. The van der Waals surface area contributed by atoms with Gasteiger partial charge in [-0.2, -0.15) is 0 Å². The molecule has 1 N–H and O–H groups in total. The average molecular weight is 306 g/mol. The van der Waals surface area contributed by atoms with Crippen LogP contribution < -0.4 is 5.32 Å². The van der Waals surface area contributed by atoms with Crippen LogP contribution >= 0.6 is 11.6 Å². The second-order valence-corrected chi connectivity index (χ2v) is 6.16. The molecule has 0 radical (unpaired) electrons. The molecule has 0 bridgehead atoms. The van der Waals surface area contributed by atoms with Crippen LogP contribution in [0, 0.1) is 11.7 Å². The molecular weight excluding hydrogens is 285 g/mol. The van der Waals surface area contributed by atoms with E-state index in [0.29, 0.717) is 16.5 Å². The second-order valence-electron chi connectivity index (χ2n) is 5.73. The molecule has 3 heteroatoms. The molecule has 0 heterocycles. The van der Waals surface area contributed by atoms with Gasteiger partial charge < -0.3 is 5.32 Å². The summed E-state index contributed by atoms with van der Waals surface area (Å²) < 4.78 is 14.0. The molecule has 112 valence electrons. The molecule has 0 amide bonds. The molecule has 21 heavy (non-hydrogen) atoms. The van der Waals surface area contributed by atoms with Crippen molar-refractivity contribution in [2.45, 2.75) is 26.3 Å². The minimum Gasteiger partial charge on any atom is -0.309 e. The maximum absolute atomic E-state index is 14.0. The van der Waals surface area contributed by atoms with E-state index in [4.69, 9.17) is 11.6 Å². The van der Waals surface area contributed by atoms with Gasteiger partial charge in [-0.05, 0) is 48.7 Å². The largest absolute Gasteiger partial charge is 0.309 e. The predicted octanol–water partition coefficient (Wildman–Crippen LogP) is 4.99. The van der Waals surface area contributed by atoms with E-state index in [2.05, 4.69) is 43.4 Å². The third-order valence-electron chi connectivity index (χ3n) is 3.51. The first-order valence-corrected chi connectivity index (χ1v) is 7.60. The van der Waals surface area contributed by atoms with Crippen LogP contribution in [0.15, 0.2) is 42.5 Å². The SMILES string of the molecule is CNC(c1ccc(CC(C)C)cc1)c1cc(Cl)ccc1F. The summed E-state index contributed by atoms with van der Waals surface area (Å²) in [4.78, 5) is 0. The lowest BCUT2D eigenvalue weighted by Gasteiger charge is -2.19. The highest BCUT2D eigenvalue weighted by Gasteiger charge is 2.16. The van der Waals surface area contributed by atoms with Crippen LogP contribution in [0.25, 0.3) is 0 Å². The first-order valence-electron chi connectivity index (χ1n) is 7.22. The van der Waals surface area contributed by atoms with E-state index in [0.717, 1.165) is 12.0 Å². The van der Waals surface area contributed by atoms with E-state index in [1.54, 1.807) is 12.1 Å². The zero-order valence-corrected chi connectivity index (χ0v) is 13.4. The van der Waals surface area contributed by atoms with E-state index in [1.165, 1.54) is 11.6 Å². The molecule has 0 aromatic heterocycles. The summed E-state index contributed by atoms with van der Waals surface area (Å²) in [5.41, 5.74) is 2.91. The van der Waals surface area contributed by atoms with Gasteiger partial charge >= 0.3 is 0 Å². The Morgan fingerprint density at radius 3 is 2.33 bits per heavy atom. The first kappa shape index (κ1) is 16.0. The summed E-state index contributed by atoms with van der Waals surface area (Å²) in [7, 11) is 1.83. The lowest BCUT2D eigenvalue weighted by molar-refractivity contribution is 0.576. The van der Waals surface area contributed by atoms with Gasteiger partial charge in [-0.25, -0.2) is 4.39 Å². The van der Waals surface area contributed by atoms with Gasteiger partial charge in [0.15, 0.2) is 0 Å². The molecule has 0 saturated heterocycles. The van der Waals surface area contributed by atoms with Gasteiger partial charge in [-0.15, -0.1) is 0 Å². The number of halogens is 2.